The predicted octanol–water partition coefficient (Wildman–Crippen LogP) is 3.55. The highest BCUT2D eigenvalue weighted by Gasteiger charge is 2.08. The molecule has 0 spiro atoms. The fraction of sp³-hybridized carbons (Fsp3) is 0.333. The first-order chi connectivity index (χ1) is 8.72. The molecule has 1 N–H and O–H groups in total. The fourth-order valence-electron chi connectivity index (χ4n) is 1.54. The molecular formula is C12H14BrN3OS. The minimum atomic E-state index is 0.487. The largest absolute Gasteiger partial charge is 0.378 e. The highest BCUT2D eigenvalue weighted by Crippen LogP contribution is 2.29. The van der Waals surface area contributed by atoms with Crippen LogP contribution in [0.3, 0.4) is 0 Å². The minimum Gasteiger partial charge on any atom is -0.378 e. The van der Waals surface area contributed by atoms with Gasteiger partial charge in [-0.15, -0.1) is 11.3 Å². The van der Waals surface area contributed by atoms with E-state index in [0.717, 1.165) is 32.5 Å². The minimum absolute atomic E-state index is 0.487. The Hall–Kier alpha value is -0.980. The molecule has 0 amide bonds. The second-order valence-corrected chi connectivity index (χ2v) is 6.10. The van der Waals surface area contributed by atoms with E-state index in [1.807, 2.05) is 25.1 Å². The van der Waals surface area contributed by atoms with Crippen LogP contribution in [0.25, 0.3) is 10.7 Å². The van der Waals surface area contributed by atoms with Gasteiger partial charge in [0.2, 0.25) is 0 Å². The topological polar surface area (TPSA) is 47.0 Å². The first-order valence-electron chi connectivity index (χ1n) is 5.59. The number of methoxy groups -OCH3 is 1. The first-order valence-corrected chi connectivity index (χ1v) is 7.20. The summed E-state index contributed by atoms with van der Waals surface area (Å²) < 4.78 is 6.21. The van der Waals surface area contributed by atoms with Crippen LogP contribution in [-0.4, -0.2) is 23.6 Å². The van der Waals surface area contributed by atoms with E-state index in [4.69, 9.17) is 4.74 Å². The molecule has 18 heavy (non-hydrogen) atoms. The number of halogens is 1. The van der Waals surface area contributed by atoms with Crippen LogP contribution in [0.4, 0.5) is 5.82 Å². The van der Waals surface area contributed by atoms with Crippen LogP contribution in [0.15, 0.2) is 22.0 Å². The van der Waals surface area contributed by atoms with Crippen LogP contribution in [0.5, 0.6) is 0 Å². The van der Waals surface area contributed by atoms with E-state index in [2.05, 4.69) is 31.2 Å². The highest BCUT2D eigenvalue weighted by atomic mass is 79.9. The number of thiophene rings is 1. The summed E-state index contributed by atoms with van der Waals surface area (Å²) in [6.07, 6.45) is 0. The molecule has 2 rings (SSSR count). The number of nitrogens with zero attached hydrogens (tertiary/aromatic N) is 2. The van der Waals surface area contributed by atoms with Gasteiger partial charge in [0.15, 0.2) is 5.82 Å². The smallest absolute Gasteiger partial charge is 0.171 e. The van der Waals surface area contributed by atoms with Gasteiger partial charge in [0, 0.05) is 19.7 Å². The molecule has 0 aromatic carbocycles. The summed E-state index contributed by atoms with van der Waals surface area (Å²) in [4.78, 5) is 10.0. The van der Waals surface area contributed by atoms with E-state index in [9.17, 15) is 0 Å². The molecule has 0 aliphatic rings. The Morgan fingerprint density at radius 1 is 1.39 bits per heavy atom. The van der Waals surface area contributed by atoms with Gasteiger partial charge in [0.05, 0.1) is 21.0 Å². The van der Waals surface area contributed by atoms with Crippen molar-refractivity contribution in [3.63, 3.8) is 0 Å². The van der Waals surface area contributed by atoms with Crippen LogP contribution in [0, 0.1) is 0 Å². The monoisotopic (exact) mass is 327 g/mol. The lowest BCUT2D eigenvalue weighted by molar-refractivity contribution is 0.181. The Balaban J connectivity index is 2.39. The van der Waals surface area contributed by atoms with Gasteiger partial charge in [0.1, 0.15) is 5.82 Å². The van der Waals surface area contributed by atoms with Gasteiger partial charge in [0.25, 0.3) is 0 Å². The molecule has 6 heteroatoms. The molecule has 2 heterocycles. The maximum atomic E-state index is 5.13. The third kappa shape index (κ3) is 3.28. The van der Waals surface area contributed by atoms with Crippen molar-refractivity contribution >= 4 is 33.1 Å². The molecule has 96 valence electrons. The quantitative estimate of drug-likeness (QED) is 0.912. The molecule has 0 radical (unpaired) electrons. The van der Waals surface area contributed by atoms with E-state index in [1.54, 1.807) is 18.4 Å². The lowest BCUT2D eigenvalue weighted by atomic mass is 10.3. The fourth-order valence-corrected chi connectivity index (χ4v) is 2.86. The number of aromatic nitrogens is 2. The van der Waals surface area contributed by atoms with Crippen molar-refractivity contribution < 1.29 is 4.74 Å². The number of hydrogen-bond acceptors (Lipinski definition) is 5. The number of nitrogens with one attached hydrogen (secondary N) is 1. The van der Waals surface area contributed by atoms with Gasteiger partial charge < -0.3 is 10.1 Å². The molecule has 0 unspecified atom stereocenters. The van der Waals surface area contributed by atoms with Gasteiger partial charge in [-0.3, -0.25) is 0 Å². The zero-order chi connectivity index (χ0) is 13.0. The van der Waals surface area contributed by atoms with Crippen LogP contribution in [0.2, 0.25) is 0 Å². The van der Waals surface area contributed by atoms with Crippen molar-refractivity contribution in [2.75, 3.05) is 19.0 Å². The highest BCUT2D eigenvalue weighted by molar-refractivity contribution is 9.11. The zero-order valence-electron chi connectivity index (χ0n) is 10.2. The number of rotatable bonds is 5. The van der Waals surface area contributed by atoms with Crippen LogP contribution >= 0.6 is 27.3 Å². The Morgan fingerprint density at radius 2 is 2.22 bits per heavy atom. The molecule has 0 saturated heterocycles. The molecule has 4 nitrogen and oxygen atoms in total. The molecule has 2 aromatic heterocycles. The van der Waals surface area contributed by atoms with Gasteiger partial charge in [-0.25, -0.2) is 9.97 Å². The third-order valence-electron chi connectivity index (χ3n) is 2.22. The van der Waals surface area contributed by atoms with Gasteiger partial charge >= 0.3 is 0 Å². The lowest BCUT2D eigenvalue weighted by Crippen LogP contribution is -2.04. The summed E-state index contributed by atoms with van der Waals surface area (Å²) in [5.41, 5.74) is 0.878. The first kappa shape index (κ1) is 13.5. The van der Waals surface area contributed by atoms with Crippen LogP contribution in [0.1, 0.15) is 12.6 Å². The maximum Gasteiger partial charge on any atom is 0.171 e. The van der Waals surface area contributed by atoms with Crippen molar-refractivity contribution in [3.05, 3.63) is 27.7 Å². The molecule has 0 atom stereocenters. The van der Waals surface area contributed by atoms with Gasteiger partial charge in [-0.2, -0.15) is 0 Å². The van der Waals surface area contributed by atoms with Crippen LogP contribution in [-0.2, 0) is 11.3 Å². The summed E-state index contributed by atoms with van der Waals surface area (Å²) in [7, 11) is 1.66. The zero-order valence-corrected chi connectivity index (χ0v) is 12.6. The van der Waals surface area contributed by atoms with Crippen molar-refractivity contribution in [2.24, 2.45) is 0 Å². The molecule has 0 aliphatic heterocycles. The van der Waals surface area contributed by atoms with Gasteiger partial charge in [-0.05, 0) is 35.0 Å². The average molecular weight is 328 g/mol. The molecule has 0 aliphatic carbocycles. The Bertz CT molecular complexity index is 506. The standard InChI is InChI=1S/C12H14BrN3OS/c1-3-14-11-6-8(7-17-2)15-12(16-11)9-4-5-10(13)18-9/h4-6H,3,7H2,1-2H3,(H,14,15,16). The molecule has 2 aromatic rings. The molecule has 0 saturated carbocycles. The summed E-state index contributed by atoms with van der Waals surface area (Å²) in [6, 6.07) is 5.93. The summed E-state index contributed by atoms with van der Waals surface area (Å²) in [6.45, 7) is 3.36. The van der Waals surface area contributed by atoms with E-state index < -0.39 is 0 Å². The normalized spacial score (nSPS) is 10.6. The predicted molar refractivity (Wildman–Crippen MR) is 77.9 cm³/mol. The van der Waals surface area contributed by atoms with E-state index >= 15 is 0 Å². The van der Waals surface area contributed by atoms with Crippen molar-refractivity contribution in [2.45, 2.75) is 13.5 Å². The Morgan fingerprint density at radius 3 is 2.83 bits per heavy atom. The van der Waals surface area contributed by atoms with E-state index in [1.165, 1.54) is 0 Å². The van der Waals surface area contributed by atoms with Crippen molar-refractivity contribution in [1.29, 1.82) is 0 Å². The van der Waals surface area contributed by atoms with Crippen LogP contribution < -0.4 is 5.32 Å². The molecular weight excluding hydrogens is 314 g/mol. The average Bonchev–Trinajstić information content (AvgIpc) is 2.76. The lowest BCUT2D eigenvalue weighted by Gasteiger charge is -2.07. The number of ether oxygens (including phenoxy) is 1. The number of anilines is 1. The number of hydrogen-bond donors (Lipinski definition) is 1. The van der Waals surface area contributed by atoms with Crippen molar-refractivity contribution in [3.8, 4) is 10.7 Å². The van der Waals surface area contributed by atoms with E-state index in [0.29, 0.717) is 6.61 Å². The second-order valence-electron chi connectivity index (χ2n) is 3.64. The van der Waals surface area contributed by atoms with Crippen molar-refractivity contribution in [1.82, 2.24) is 9.97 Å². The Kier molecular flexibility index (Phi) is 4.68. The Labute approximate surface area is 119 Å². The summed E-state index contributed by atoms with van der Waals surface area (Å²) in [5.74, 6) is 1.57. The third-order valence-corrected chi connectivity index (χ3v) is 3.84. The molecule has 0 bridgehead atoms. The maximum absolute atomic E-state index is 5.13. The molecule has 0 fully saturated rings. The second kappa shape index (κ2) is 6.26. The van der Waals surface area contributed by atoms with E-state index in [-0.39, 0.29) is 0 Å². The summed E-state index contributed by atoms with van der Waals surface area (Å²) in [5, 5.41) is 3.21. The van der Waals surface area contributed by atoms with Gasteiger partial charge in [-0.1, -0.05) is 0 Å². The summed E-state index contributed by atoms with van der Waals surface area (Å²) >= 11 is 5.07. The SMILES string of the molecule is CCNc1cc(COC)nc(-c2ccc(Br)s2)n1.